The second kappa shape index (κ2) is 8.39. The molecular formula is C19H21N3O3. The number of pyridine rings is 1. The molecule has 1 saturated heterocycles. The predicted octanol–water partition coefficient (Wildman–Crippen LogP) is 1.46. The molecule has 0 spiro atoms. The van der Waals surface area contributed by atoms with Crippen LogP contribution in [0.3, 0.4) is 0 Å². The van der Waals surface area contributed by atoms with Gasteiger partial charge in [-0.05, 0) is 42.0 Å². The first-order chi connectivity index (χ1) is 12.2. The molecule has 1 aliphatic rings. The normalized spacial score (nSPS) is 14.2. The van der Waals surface area contributed by atoms with Crippen molar-refractivity contribution in [3.05, 3.63) is 59.9 Å². The molecule has 6 nitrogen and oxygen atoms in total. The first-order valence-electron chi connectivity index (χ1n) is 8.34. The van der Waals surface area contributed by atoms with Gasteiger partial charge in [-0.1, -0.05) is 0 Å². The number of carbonyl (C=O) groups excluding carboxylic acids is 2. The standard InChI is InChI=1S/C19H21N3O3/c23-18(14-21-19(24)13-15-5-7-20-8-6-15)16-1-3-17(4-2-16)22-9-11-25-12-10-22/h1-8H,9-14H2,(H,21,24). The van der Waals surface area contributed by atoms with Crippen molar-refractivity contribution >= 4 is 17.4 Å². The summed E-state index contributed by atoms with van der Waals surface area (Å²) in [6.07, 6.45) is 3.53. The van der Waals surface area contributed by atoms with Crippen molar-refractivity contribution in [2.24, 2.45) is 0 Å². The number of amides is 1. The maximum atomic E-state index is 12.2. The lowest BCUT2D eigenvalue weighted by molar-refractivity contribution is -0.120. The van der Waals surface area contributed by atoms with Crippen LogP contribution in [0.15, 0.2) is 48.8 Å². The largest absolute Gasteiger partial charge is 0.378 e. The number of nitrogens with zero attached hydrogens (tertiary/aromatic N) is 2. The number of hydrogen-bond acceptors (Lipinski definition) is 5. The van der Waals surface area contributed by atoms with Gasteiger partial charge in [0.1, 0.15) is 0 Å². The van der Waals surface area contributed by atoms with Gasteiger partial charge < -0.3 is 15.0 Å². The summed E-state index contributed by atoms with van der Waals surface area (Å²) in [5, 5.41) is 2.67. The van der Waals surface area contributed by atoms with E-state index in [1.54, 1.807) is 24.5 Å². The Bertz CT molecular complexity index is 710. The van der Waals surface area contributed by atoms with Gasteiger partial charge in [0.25, 0.3) is 0 Å². The summed E-state index contributed by atoms with van der Waals surface area (Å²) in [7, 11) is 0. The van der Waals surface area contributed by atoms with Crippen molar-refractivity contribution in [2.75, 3.05) is 37.7 Å². The summed E-state index contributed by atoms with van der Waals surface area (Å²) < 4.78 is 5.34. The zero-order valence-electron chi connectivity index (χ0n) is 14.0. The first-order valence-corrected chi connectivity index (χ1v) is 8.34. The van der Waals surface area contributed by atoms with Crippen molar-refractivity contribution in [2.45, 2.75) is 6.42 Å². The third-order valence-electron chi connectivity index (χ3n) is 4.13. The van der Waals surface area contributed by atoms with Gasteiger partial charge in [0.05, 0.1) is 26.2 Å². The van der Waals surface area contributed by atoms with Crippen LogP contribution in [-0.2, 0) is 16.0 Å². The molecule has 1 aromatic heterocycles. The van der Waals surface area contributed by atoms with Crippen molar-refractivity contribution in [3.8, 4) is 0 Å². The molecular weight excluding hydrogens is 318 g/mol. The van der Waals surface area contributed by atoms with E-state index in [2.05, 4.69) is 15.2 Å². The number of hydrogen-bond donors (Lipinski definition) is 1. The second-order valence-electron chi connectivity index (χ2n) is 5.88. The van der Waals surface area contributed by atoms with E-state index in [-0.39, 0.29) is 24.7 Å². The Morgan fingerprint density at radius 3 is 2.40 bits per heavy atom. The monoisotopic (exact) mass is 339 g/mol. The van der Waals surface area contributed by atoms with Crippen molar-refractivity contribution in [1.29, 1.82) is 0 Å². The van der Waals surface area contributed by atoms with E-state index in [1.165, 1.54) is 0 Å². The average molecular weight is 339 g/mol. The highest BCUT2D eigenvalue weighted by molar-refractivity contribution is 5.99. The lowest BCUT2D eigenvalue weighted by atomic mass is 10.1. The number of anilines is 1. The molecule has 1 fully saturated rings. The molecule has 1 amide bonds. The molecule has 1 N–H and O–H groups in total. The molecule has 0 atom stereocenters. The molecule has 1 aliphatic heterocycles. The summed E-state index contributed by atoms with van der Waals surface area (Å²) in [5.74, 6) is -0.277. The molecule has 25 heavy (non-hydrogen) atoms. The van der Waals surface area contributed by atoms with Gasteiger partial charge in [-0.15, -0.1) is 0 Å². The summed E-state index contributed by atoms with van der Waals surface area (Å²) in [5.41, 5.74) is 2.55. The van der Waals surface area contributed by atoms with Gasteiger partial charge in [0, 0.05) is 36.7 Å². The van der Waals surface area contributed by atoms with Gasteiger partial charge in [0.15, 0.2) is 5.78 Å². The van der Waals surface area contributed by atoms with Crippen LogP contribution in [0, 0.1) is 0 Å². The van der Waals surface area contributed by atoms with Crippen molar-refractivity contribution in [3.63, 3.8) is 0 Å². The number of aromatic nitrogens is 1. The van der Waals surface area contributed by atoms with Gasteiger partial charge in [-0.25, -0.2) is 0 Å². The van der Waals surface area contributed by atoms with Gasteiger partial charge in [0.2, 0.25) is 5.91 Å². The Morgan fingerprint density at radius 2 is 1.72 bits per heavy atom. The molecule has 0 unspecified atom stereocenters. The number of rotatable bonds is 6. The topological polar surface area (TPSA) is 71.5 Å². The van der Waals surface area contributed by atoms with Crippen LogP contribution in [0.5, 0.6) is 0 Å². The lowest BCUT2D eigenvalue weighted by Crippen LogP contribution is -2.36. The minimum Gasteiger partial charge on any atom is -0.378 e. The third kappa shape index (κ3) is 4.87. The highest BCUT2D eigenvalue weighted by atomic mass is 16.5. The SMILES string of the molecule is O=C(Cc1ccncc1)NCC(=O)c1ccc(N2CCOCC2)cc1. The quantitative estimate of drug-likeness (QED) is 0.807. The Balaban J connectivity index is 1.50. The van der Waals surface area contributed by atoms with E-state index in [9.17, 15) is 9.59 Å². The molecule has 3 rings (SSSR count). The fourth-order valence-corrected chi connectivity index (χ4v) is 2.71. The molecule has 0 radical (unpaired) electrons. The third-order valence-corrected chi connectivity index (χ3v) is 4.13. The first kappa shape index (κ1) is 17.1. The Kier molecular flexibility index (Phi) is 5.74. The van der Waals surface area contributed by atoms with E-state index in [0.29, 0.717) is 5.56 Å². The summed E-state index contributed by atoms with van der Waals surface area (Å²) >= 11 is 0. The molecule has 1 aromatic carbocycles. The number of ketones is 1. The van der Waals surface area contributed by atoms with Gasteiger partial charge >= 0.3 is 0 Å². The number of ether oxygens (including phenoxy) is 1. The second-order valence-corrected chi connectivity index (χ2v) is 5.88. The number of Topliss-reactive ketones (excluding diaryl/α,β-unsaturated/α-hetero) is 1. The number of morpholine rings is 1. The molecule has 2 heterocycles. The summed E-state index contributed by atoms with van der Waals surface area (Å²) in [6, 6.07) is 11.1. The molecule has 0 saturated carbocycles. The Hall–Kier alpha value is -2.73. The van der Waals surface area contributed by atoms with Crippen LogP contribution in [0.25, 0.3) is 0 Å². The molecule has 2 aromatic rings. The smallest absolute Gasteiger partial charge is 0.224 e. The Morgan fingerprint density at radius 1 is 1.04 bits per heavy atom. The van der Waals surface area contributed by atoms with Crippen LogP contribution >= 0.6 is 0 Å². The van der Waals surface area contributed by atoms with Crippen LogP contribution in [0.2, 0.25) is 0 Å². The van der Waals surface area contributed by atoms with Crippen molar-refractivity contribution in [1.82, 2.24) is 10.3 Å². The zero-order chi connectivity index (χ0) is 17.5. The van der Waals surface area contributed by atoms with E-state index in [0.717, 1.165) is 37.6 Å². The zero-order valence-corrected chi connectivity index (χ0v) is 14.0. The van der Waals surface area contributed by atoms with E-state index in [4.69, 9.17) is 4.74 Å². The number of benzene rings is 1. The number of carbonyl (C=O) groups is 2. The summed E-state index contributed by atoms with van der Waals surface area (Å²) in [6.45, 7) is 3.17. The Labute approximate surface area is 146 Å². The van der Waals surface area contributed by atoms with Crippen molar-refractivity contribution < 1.29 is 14.3 Å². The molecule has 6 heteroatoms. The fraction of sp³-hybridized carbons (Fsp3) is 0.316. The maximum Gasteiger partial charge on any atom is 0.224 e. The van der Waals surface area contributed by atoms with E-state index < -0.39 is 0 Å². The minimum absolute atomic E-state index is 0.000811. The minimum atomic E-state index is -0.176. The van der Waals surface area contributed by atoms with Crippen LogP contribution < -0.4 is 10.2 Å². The summed E-state index contributed by atoms with van der Waals surface area (Å²) in [4.78, 5) is 30.3. The van der Waals surface area contributed by atoms with Crippen LogP contribution in [0.4, 0.5) is 5.69 Å². The molecule has 130 valence electrons. The lowest BCUT2D eigenvalue weighted by Gasteiger charge is -2.28. The fourth-order valence-electron chi connectivity index (χ4n) is 2.71. The number of nitrogens with one attached hydrogen (secondary N) is 1. The molecule has 0 bridgehead atoms. The molecule has 0 aliphatic carbocycles. The predicted molar refractivity (Wildman–Crippen MR) is 94.8 cm³/mol. The van der Waals surface area contributed by atoms with E-state index in [1.807, 2.05) is 24.3 Å². The van der Waals surface area contributed by atoms with Gasteiger partial charge in [-0.2, -0.15) is 0 Å². The van der Waals surface area contributed by atoms with E-state index >= 15 is 0 Å². The van der Waals surface area contributed by atoms with Crippen LogP contribution in [-0.4, -0.2) is 49.5 Å². The highest BCUT2D eigenvalue weighted by Gasteiger charge is 2.13. The average Bonchev–Trinajstić information content (AvgIpc) is 2.68. The van der Waals surface area contributed by atoms with Crippen LogP contribution in [0.1, 0.15) is 15.9 Å². The highest BCUT2D eigenvalue weighted by Crippen LogP contribution is 2.16. The van der Waals surface area contributed by atoms with Gasteiger partial charge in [-0.3, -0.25) is 14.6 Å². The maximum absolute atomic E-state index is 12.2.